The molecular weight excluding hydrogens is 319 g/mol. The average molecular weight is 346 g/mol. The number of methoxy groups -OCH3 is 1. The molecule has 25 heavy (non-hydrogen) atoms. The van der Waals surface area contributed by atoms with E-state index < -0.39 is 0 Å². The van der Waals surface area contributed by atoms with Gasteiger partial charge in [0.25, 0.3) is 0 Å². The molecule has 0 aliphatic carbocycles. The third kappa shape index (κ3) is 4.38. The standard InChI is InChI=1S/C19H27FN4O/c1-23-8-4-5-14(11-23)12-24(2)13-15-10-21-22-19(15)17-7-6-16(25-3)9-18(17)20/h6-7,9-10,14H,4-5,8,11-13H2,1-3H3,(H,21,22). The van der Waals surface area contributed by atoms with E-state index in [1.54, 1.807) is 18.3 Å². The van der Waals surface area contributed by atoms with E-state index in [0.717, 1.165) is 30.9 Å². The molecule has 1 aliphatic heterocycles. The Labute approximate surface area is 148 Å². The lowest BCUT2D eigenvalue weighted by atomic mass is 9.98. The smallest absolute Gasteiger partial charge is 0.136 e. The van der Waals surface area contributed by atoms with Gasteiger partial charge in [0.15, 0.2) is 0 Å². The van der Waals surface area contributed by atoms with Gasteiger partial charge in [-0.25, -0.2) is 4.39 Å². The van der Waals surface area contributed by atoms with Crippen LogP contribution in [0.2, 0.25) is 0 Å². The number of benzene rings is 1. The molecule has 1 fully saturated rings. The largest absolute Gasteiger partial charge is 0.497 e. The molecule has 2 aromatic rings. The Balaban J connectivity index is 1.69. The Morgan fingerprint density at radius 2 is 2.28 bits per heavy atom. The van der Waals surface area contributed by atoms with E-state index in [1.807, 2.05) is 0 Å². The van der Waals surface area contributed by atoms with Crippen LogP contribution in [0.5, 0.6) is 5.75 Å². The zero-order chi connectivity index (χ0) is 17.8. The molecule has 136 valence electrons. The molecule has 5 nitrogen and oxygen atoms in total. The highest BCUT2D eigenvalue weighted by atomic mass is 19.1. The first-order chi connectivity index (χ1) is 12.1. The van der Waals surface area contributed by atoms with Crippen molar-refractivity contribution in [3.05, 3.63) is 35.8 Å². The zero-order valence-electron chi connectivity index (χ0n) is 15.3. The fourth-order valence-electron chi connectivity index (χ4n) is 3.71. The highest BCUT2D eigenvalue weighted by Crippen LogP contribution is 2.28. The zero-order valence-corrected chi connectivity index (χ0v) is 15.3. The van der Waals surface area contributed by atoms with Gasteiger partial charge >= 0.3 is 0 Å². The van der Waals surface area contributed by atoms with Crippen LogP contribution in [0.1, 0.15) is 18.4 Å². The van der Waals surface area contributed by atoms with Gasteiger partial charge in [-0.2, -0.15) is 5.10 Å². The number of piperidine rings is 1. The van der Waals surface area contributed by atoms with Crippen LogP contribution >= 0.6 is 0 Å². The molecule has 0 bridgehead atoms. The quantitative estimate of drug-likeness (QED) is 0.873. The van der Waals surface area contributed by atoms with E-state index in [0.29, 0.717) is 17.2 Å². The fraction of sp³-hybridized carbons (Fsp3) is 0.526. The summed E-state index contributed by atoms with van der Waals surface area (Å²) in [6.07, 6.45) is 4.34. The number of rotatable bonds is 6. The fourth-order valence-corrected chi connectivity index (χ4v) is 3.71. The summed E-state index contributed by atoms with van der Waals surface area (Å²) in [5.74, 6) is 0.902. The van der Waals surface area contributed by atoms with Crippen LogP contribution in [-0.4, -0.2) is 60.8 Å². The van der Waals surface area contributed by atoms with Crippen LogP contribution in [0.4, 0.5) is 4.39 Å². The molecule has 1 aliphatic rings. The van der Waals surface area contributed by atoms with Crippen molar-refractivity contribution in [3.63, 3.8) is 0 Å². The molecule has 0 saturated carbocycles. The molecule has 1 aromatic carbocycles. The summed E-state index contributed by atoms with van der Waals surface area (Å²) < 4.78 is 19.5. The maximum atomic E-state index is 14.4. The van der Waals surface area contributed by atoms with Gasteiger partial charge < -0.3 is 14.5 Å². The Morgan fingerprint density at radius 3 is 3.00 bits per heavy atom. The predicted octanol–water partition coefficient (Wildman–Crippen LogP) is 3.00. The Morgan fingerprint density at radius 1 is 1.44 bits per heavy atom. The molecule has 1 aromatic heterocycles. The van der Waals surface area contributed by atoms with Crippen molar-refractivity contribution in [1.29, 1.82) is 0 Å². The molecule has 2 heterocycles. The summed E-state index contributed by atoms with van der Waals surface area (Å²) in [4.78, 5) is 4.71. The SMILES string of the molecule is COc1ccc(-c2[nH]ncc2CN(C)CC2CCCN(C)C2)c(F)c1. The average Bonchev–Trinajstić information content (AvgIpc) is 3.02. The second kappa shape index (κ2) is 7.97. The molecule has 0 amide bonds. The summed E-state index contributed by atoms with van der Waals surface area (Å²) in [5, 5.41) is 7.09. The predicted molar refractivity (Wildman–Crippen MR) is 97.1 cm³/mol. The van der Waals surface area contributed by atoms with Gasteiger partial charge in [0.2, 0.25) is 0 Å². The molecule has 0 spiro atoms. The van der Waals surface area contributed by atoms with E-state index in [1.165, 1.54) is 32.6 Å². The number of nitrogens with zero attached hydrogens (tertiary/aromatic N) is 3. The first kappa shape index (κ1) is 17.9. The Bertz CT molecular complexity index is 702. The third-order valence-electron chi connectivity index (χ3n) is 4.90. The van der Waals surface area contributed by atoms with E-state index >= 15 is 0 Å². The van der Waals surface area contributed by atoms with Crippen LogP contribution in [-0.2, 0) is 6.54 Å². The van der Waals surface area contributed by atoms with Crippen LogP contribution < -0.4 is 4.74 Å². The van der Waals surface area contributed by atoms with Gasteiger partial charge in [0.1, 0.15) is 11.6 Å². The van der Waals surface area contributed by atoms with Crippen molar-refractivity contribution >= 4 is 0 Å². The Kier molecular flexibility index (Phi) is 5.71. The van der Waals surface area contributed by atoms with Crippen LogP contribution in [0.3, 0.4) is 0 Å². The molecule has 0 radical (unpaired) electrons. The van der Waals surface area contributed by atoms with Crippen LogP contribution in [0.25, 0.3) is 11.3 Å². The minimum Gasteiger partial charge on any atom is -0.497 e. The summed E-state index contributed by atoms with van der Waals surface area (Å²) in [7, 11) is 5.84. The topological polar surface area (TPSA) is 44.4 Å². The van der Waals surface area contributed by atoms with Crippen molar-refractivity contribution in [3.8, 4) is 17.0 Å². The maximum absolute atomic E-state index is 14.4. The number of nitrogens with one attached hydrogen (secondary N) is 1. The molecule has 3 rings (SSSR count). The van der Waals surface area contributed by atoms with Crippen molar-refractivity contribution in [2.75, 3.05) is 40.8 Å². The number of ether oxygens (including phenoxy) is 1. The number of aromatic nitrogens is 2. The summed E-state index contributed by atoms with van der Waals surface area (Å²) in [5.41, 5.74) is 2.28. The summed E-state index contributed by atoms with van der Waals surface area (Å²) in [6.45, 7) is 4.14. The molecule has 1 atom stereocenters. The molecule has 6 heteroatoms. The van der Waals surface area contributed by atoms with Gasteiger partial charge in [0.05, 0.1) is 19.0 Å². The molecule has 1 saturated heterocycles. The Hall–Kier alpha value is -1.92. The number of likely N-dealkylation sites (tertiary alicyclic amines) is 1. The third-order valence-corrected chi connectivity index (χ3v) is 4.90. The minimum atomic E-state index is -0.304. The molecule has 1 N–H and O–H groups in total. The number of hydrogen-bond donors (Lipinski definition) is 1. The van der Waals surface area contributed by atoms with Crippen molar-refractivity contribution in [2.45, 2.75) is 19.4 Å². The van der Waals surface area contributed by atoms with Gasteiger partial charge in [0, 0.05) is 36.8 Å². The van der Waals surface area contributed by atoms with Crippen LogP contribution in [0, 0.1) is 11.7 Å². The maximum Gasteiger partial charge on any atom is 0.136 e. The van der Waals surface area contributed by atoms with Crippen molar-refractivity contribution in [1.82, 2.24) is 20.0 Å². The van der Waals surface area contributed by atoms with Crippen LogP contribution in [0.15, 0.2) is 24.4 Å². The van der Waals surface area contributed by atoms with Gasteiger partial charge in [-0.05, 0) is 51.5 Å². The highest BCUT2D eigenvalue weighted by molar-refractivity contribution is 5.64. The van der Waals surface area contributed by atoms with Gasteiger partial charge in [-0.15, -0.1) is 0 Å². The first-order valence-corrected chi connectivity index (χ1v) is 8.80. The normalized spacial score (nSPS) is 18.7. The number of H-pyrrole nitrogens is 1. The number of hydrogen-bond acceptors (Lipinski definition) is 4. The minimum absolute atomic E-state index is 0.304. The van der Waals surface area contributed by atoms with Crippen molar-refractivity contribution < 1.29 is 9.13 Å². The monoisotopic (exact) mass is 346 g/mol. The van der Waals surface area contributed by atoms with E-state index in [2.05, 4.69) is 34.1 Å². The number of halogens is 1. The number of aromatic amines is 1. The second-order valence-corrected chi connectivity index (χ2v) is 7.08. The van der Waals surface area contributed by atoms with E-state index in [9.17, 15) is 4.39 Å². The molecule has 1 unspecified atom stereocenters. The second-order valence-electron chi connectivity index (χ2n) is 7.08. The lowest BCUT2D eigenvalue weighted by molar-refractivity contribution is 0.164. The van der Waals surface area contributed by atoms with Gasteiger partial charge in [-0.3, -0.25) is 5.10 Å². The highest BCUT2D eigenvalue weighted by Gasteiger charge is 2.20. The van der Waals surface area contributed by atoms with E-state index in [4.69, 9.17) is 4.74 Å². The molecular formula is C19H27FN4O. The summed E-state index contributed by atoms with van der Waals surface area (Å²) in [6, 6.07) is 4.91. The lowest BCUT2D eigenvalue weighted by Crippen LogP contribution is -2.37. The lowest BCUT2D eigenvalue weighted by Gasteiger charge is -2.32. The van der Waals surface area contributed by atoms with E-state index in [-0.39, 0.29) is 5.82 Å². The summed E-state index contributed by atoms with van der Waals surface area (Å²) >= 11 is 0. The van der Waals surface area contributed by atoms with Gasteiger partial charge in [-0.1, -0.05) is 0 Å². The first-order valence-electron chi connectivity index (χ1n) is 8.80. The van der Waals surface area contributed by atoms with Crippen molar-refractivity contribution in [2.24, 2.45) is 5.92 Å².